The van der Waals surface area contributed by atoms with Crippen molar-refractivity contribution >= 4 is 43.6 Å². The molecule has 0 bridgehead atoms. The topological polar surface area (TPSA) is 102 Å². The minimum Gasteiger partial charge on any atom is -0.507 e. The number of nitrogens with zero attached hydrogens (tertiary/aromatic N) is 6. The zero-order chi connectivity index (χ0) is 85.9. The fourth-order valence-electron chi connectivity index (χ4n) is 16.2. The third-order valence-electron chi connectivity index (χ3n) is 23.8. The Morgan fingerprint density at radius 3 is 0.901 bits per heavy atom. The number of rotatable bonds is 10. The van der Waals surface area contributed by atoms with E-state index in [4.69, 9.17) is 19.9 Å². The Labute approximate surface area is 732 Å². The van der Waals surface area contributed by atoms with Crippen LogP contribution in [0.1, 0.15) is 211 Å². The molecule has 0 atom stereocenters. The van der Waals surface area contributed by atoms with Crippen molar-refractivity contribution in [1.29, 1.82) is 0 Å². The fraction of sp³-hybridized carbons (Fsp3) is 0.286. The van der Waals surface area contributed by atoms with E-state index in [1.807, 2.05) is 48.8 Å². The summed E-state index contributed by atoms with van der Waals surface area (Å²) >= 11 is 0. The second-order valence-electron chi connectivity index (χ2n) is 41.3. The number of pyridine rings is 4. The summed E-state index contributed by atoms with van der Waals surface area (Å²) in [5, 5.41) is 27.2. The van der Waals surface area contributed by atoms with Crippen LogP contribution in [0.5, 0.6) is 11.5 Å². The molecule has 8 nitrogen and oxygen atoms in total. The van der Waals surface area contributed by atoms with Crippen molar-refractivity contribution in [3.8, 4) is 113 Å². The molecule has 0 fully saturated rings. The van der Waals surface area contributed by atoms with Gasteiger partial charge in [-0.05, 0) is 231 Å². The van der Waals surface area contributed by atoms with E-state index in [0.717, 1.165) is 84.4 Å². The third-order valence-corrected chi connectivity index (χ3v) is 23.8. The van der Waals surface area contributed by atoms with E-state index < -0.39 is 0 Å². The first-order chi connectivity index (χ1) is 56.3. The maximum atomic E-state index is 11.1. The number of aromatic hydroxyl groups is 2. The van der Waals surface area contributed by atoms with Gasteiger partial charge in [0.25, 0.3) is 0 Å². The molecule has 0 amide bonds. The zero-order valence-electron chi connectivity index (χ0n) is 75.2. The first-order valence-corrected chi connectivity index (χ1v) is 42.5. The molecule has 0 aliphatic heterocycles. The Morgan fingerprint density at radius 1 is 0.240 bits per heavy atom. The van der Waals surface area contributed by atoms with Gasteiger partial charge in [0, 0.05) is 100 Å². The first-order valence-electron chi connectivity index (χ1n) is 42.5. The predicted octanol–water partition coefficient (Wildman–Crippen LogP) is 30.1. The van der Waals surface area contributed by atoms with Crippen molar-refractivity contribution in [2.45, 2.75) is 209 Å². The van der Waals surface area contributed by atoms with E-state index >= 15 is 0 Å². The van der Waals surface area contributed by atoms with Crippen LogP contribution in [0.15, 0.2) is 261 Å². The second-order valence-corrected chi connectivity index (χ2v) is 41.3. The number of para-hydroxylation sites is 2. The Hall–Kier alpha value is -11.3. The minimum absolute atomic E-state index is 0. The Balaban J connectivity index is 0.000000196. The van der Waals surface area contributed by atoms with Crippen molar-refractivity contribution in [3.63, 3.8) is 0 Å². The number of aromatic nitrogens is 6. The molecule has 6 aromatic heterocycles. The summed E-state index contributed by atoms with van der Waals surface area (Å²) in [6.45, 7) is 54.5. The summed E-state index contributed by atoms with van der Waals surface area (Å²) in [6.07, 6.45) is 3.83. The fourth-order valence-corrected chi connectivity index (χ4v) is 16.2. The van der Waals surface area contributed by atoms with Gasteiger partial charge in [-0.15, -0.1) is 24.3 Å². The molecule has 121 heavy (non-hydrogen) atoms. The normalized spacial score (nSPS) is 12.6. The van der Waals surface area contributed by atoms with Gasteiger partial charge in [0.15, 0.2) is 0 Å². The van der Waals surface area contributed by atoms with Crippen LogP contribution in [0.2, 0.25) is 0 Å². The molecule has 0 spiro atoms. The Bertz CT molecular complexity index is 6040. The largest absolute Gasteiger partial charge is 0.507 e. The summed E-state index contributed by atoms with van der Waals surface area (Å²) in [4.78, 5) is 20.3. The van der Waals surface area contributed by atoms with E-state index in [1.54, 1.807) is 12.1 Å². The van der Waals surface area contributed by atoms with Crippen LogP contribution in [0.4, 0.5) is 0 Å². The summed E-state index contributed by atoms with van der Waals surface area (Å²) in [6, 6.07) is 92.2. The van der Waals surface area contributed by atoms with Crippen LogP contribution in [0.3, 0.4) is 0 Å². The molecule has 2 N–H and O–H groups in total. The third kappa shape index (κ3) is 17.9. The number of phenolic OH excluding ortho intramolecular Hbond substituents is 2. The van der Waals surface area contributed by atoms with Gasteiger partial charge in [-0.3, -0.25) is 15.0 Å². The summed E-state index contributed by atoms with van der Waals surface area (Å²) in [7, 11) is 0. The maximum absolute atomic E-state index is 11.1. The predicted molar refractivity (Wildman–Crippen MR) is 508 cm³/mol. The average molecular weight is 1770 g/mol. The molecule has 16 rings (SSSR count). The molecule has 0 radical (unpaired) electrons. The second kappa shape index (κ2) is 31.9. The van der Waals surface area contributed by atoms with Gasteiger partial charge in [0.05, 0.1) is 44.8 Å². The average Bonchev–Trinajstić information content (AvgIpc) is 1.59. The van der Waals surface area contributed by atoms with Crippen molar-refractivity contribution in [2.75, 3.05) is 0 Å². The molecule has 618 valence electrons. The molecule has 0 unspecified atom stereocenters. The number of hydrogen-bond donors (Lipinski definition) is 2. The molecular formula is C112H117N6O2Pt-. The van der Waals surface area contributed by atoms with Crippen molar-refractivity contribution in [3.05, 3.63) is 312 Å². The van der Waals surface area contributed by atoms with E-state index in [0.29, 0.717) is 16.8 Å². The Morgan fingerprint density at radius 2 is 0.537 bits per heavy atom. The number of fused-ring (bicyclic) bond motifs is 6. The van der Waals surface area contributed by atoms with Crippen LogP contribution in [-0.2, 0) is 64.4 Å². The van der Waals surface area contributed by atoms with E-state index in [1.165, 1.54) is 88.1 Å². The summed E-state index contributed by atoms with van der Waals surface area (Å²) in [5.74, 6) is 0.399. The molecule has 0 aliphatic rings. The number of benzene rings is 10. The van der Waals surface area contributed by atoms with Gasteiger partial charge in [-0.25, -0.2) is 4.98 Å². The molecule has 10 aromatic carbocycles. The van der Waals surface area contributed by atoms with Crippen LogP contribution >= 0.6 is 0 Å². The molecule has 6 heterocycles. The van der Waals surface area contributed by atoms with Crippen LogP contribution in [0, 0.1) is 6.07 Å². The number of phenols is 2. The summed E-state index contributed by atoms with van der Waals surface area (Å²) < 4.78 is 4.76. The molecule has 0 saturated carbocycles. The molecular weight excluding hydrogens is 1660 g/mol. The zero-order valence-corrected chi connectivity index (χ0v) is 77.5. The Kier molecular flexibility index (Phi) is 22.7. The standard InChI is InChI=1S/C56H59N3O.C56H58N3O.Pt/c2*1-53(2,3)39-20-22-50-45(32-39)46-33-40(54(4,5)6)21-23-51(46)59(50)43-24-25-57-47(34-43)35-16-15-17-36(26-35)48-29-38(30-49(58-48)44-18-13-14-19-52(44)60)37-27-41(55(7,8)9)31-42(28-37)56(10,11)12;/h13-34,60H,1-12H3;13-25,27-34,60H,1-12H3;/q;-1;. The van der Waals surface area contributed by atoms with Gasteiger partial charge in [0.2, 0.25) is 0 Å². The minimum atomic E-state index is -0.0417. The van der Waals surface area contributed by atoms with Gasteiger partial charge in [-0.2, -0.15) is 0 Å². The summed E-state index contributed by atoms with van der Waals surface area (Å²) in [5.41, 5.74) is 31.3. The van der Waals surface area contributed by atoms with E-state index in [9.17, 15) is 10.2 Å². The van der Waals surface area contributed by atoms with Crippen LogP contribution in [-0.4, -0.2) is 39.3 Å². The molecule has 0 saturated heterocycles. The number of hydrogen-bond acceptors (Lipinski definition) is 6. The van der Waals surface area contributed by atoms with E-state index in [2.05, 4.69) is 382 Å². The first kappa shape index (κ1) is 86.1. The van der Waals surface area contributed by atoms with Crippen LogP contribution in [0.25, 0.3) is 145 Å². The van der Waals surface area contributed by atoms with E-state index in [-0.39, 0.29) is 75.9 Å². The smallest absolute Gasteiger partial charge is 0.124 e. The SMILES string of the molecule is CC(C)(C)c1cc(-c2cc(-c3[c-]c(-c4cc(-n5c6ccc(C(C)(C)C)cc6c6cc(C(C)(C)C)ccc65)ccn4)ccc3)nc(-c3ccccc3O)c2)cc(C(C)(C)C)c1.CC(C)(C)c1cc(-c2cc(-c3cccc(-c4cc(-n5c6ccc(C(C)(C)C)cc6c6cc(C(C)(C)C)ccc65)ccn4)c3)nc(-c3ccccc3O)c2)cc(C(C)(C)C)c1.[Pt]. The van der Waals surface area contributed by atoms with Gasteiger partial charge in [0.1, 0.15) is 11.5 Å². The maximum Gasteiger partial charge on any atom is 0.124 e. The molecule has 9 heteroatoms. The van der Waals surface area contributed by atoms with Crippen LogP contribution < -0.4 is 0 Å². The molecule has 0 aliphatic carbocycles. The van der Waals surface area contributed by atoms with Gasteiger partial charge >= 0.3 is 0 Å². The quantitative estimate of drug-likeness (QED) is 0.132. The molecule has 16 aromatic rings. The monoisotopic (exact) mass is 1770 g/mol. The van der Waals surface area contributed by atoms with Crippen molar-refractivity contribution in [2.24, 2.45) is 0 Å². The van der Waals surface area contributed by atoms with Gasteiger partial charge in [-0.1, -0.05) is 286 Å². The van der Waals surface area contributed by atoms with Crippen molar-refractivity contribution < 1.29 is 31.3 Å². The van der Waals surface area contributed by atoms with Crippen molar-refractivity contribution in [1.82, 2.24) is 29.1 Å². The van der Waals surface area contributed by atoms with Gasteiger partial charge < -0.3 is 19.3 Å².